The van der Waals surface area contributed by atoms with E-state index in [4.69, 9.17) is 4.74 Å². The highest BCUT2D eigenvalue weighted by Gasteiger charge is 2.41. The molecule has 39 heavy (non-hydrogen) atoms. The van der Waals surface area contributed by atoms with Crippen molar-refractivity contribution in [1.82, 2.24) is 19.5 Å². The first-order chi connectivity index (χ1) is 18.4. The van der Waals surface area contributed by atoms with Crippen LogP contribution in [0.25, 0.3) is 0 Å². The summed E-state index contributed by atoms with van der Waals surface area (Å²) in [7, 11) is -2.75. The van der Waals surface area contributed by atoms with Crippen molar-refractivity contribution in [2.45, 2.75) is 31.2 Å². The molecule has 0 bridgehead atoms. The van der Waals surface area contributed by atoms with Crippen LogP contribution < -0.4 is 20.1 Å². The van der Waals surface area contributed by atoms with Crippen molar-refractivity contribution in [3.8, 4) is 5.75 Å². The third-order valence-corrected chi connectivity index (χ3v) is 7.83. The van der Waals surface area contributed by atoms with Gasteiger partial charge in [0.2, 0.25) is 15.9 Å². The number of aromatic nitrogens is 1. The molecule has 2 unspecified atom stereocenters. The predicted molar refractivity (Wildman–Crippen MR) is 136 cm³/mol. The third kappa shape index (κ3) is 5.81. The van der Waals surface area contributed by atoms with Gasteiger partial charge in [0.05, 0.1) is 6.61 Å². The fourth-order valence-electron chi connectivity index (χ4n) is 4.58. The maximum atomic E-state index is 13.6. The molecule has 1 fully saturated rings. The van der Waals surface area contributed by atoms with E-state index in [-0.39, 0.29) is 47.0 Å². The Hall–Kier alpha value is -3.78. The minimum Gasteiger partial charge on any atom is -0.489 e. The molecule has 0 aliphatic carbocycles. The number of benzene rings is 1. The van der Waals surface area contributed by atoms with Crippen molar-refractivity contribution in [3.05, 3.63) is 65.5 Å². The molecule has 2 amide bonds. The Balaban J connectivity index is 1.60. The average Bonchev–Trinajstić information content (AvgIpc) is 3.40. The van der Waals surface area contributed by atoms with Crippen LogP contribution in [-0.2, 0) is 21.9 Å². The summed E-state index contributed by atoms with van der Waals surface area (Å²) in [6, 6.07) is 0.664. The van der Waals surface area contributed by atoms with Crippen LogP contribution in [0.1, 0.15) is 30.8 Å². The number of hydrogen-bond donors (Lipinski definition) is 3. The van der Waals surface area contributed by atoms with Gasteiger partial charge in [0.15, 0.2) is 28.9 Å². The van der Waals surface area contributed by atoms with E-state index < -0.39 is 39.4 Å². The summed E-state index contributed by atoms with van der Waals surface area (Å²) < 4.78 is 77.1. The molecule has 4 rings (SSSR count). The van der Waals surface area contributed by atoms with Gasteiger partial charge in [-0.3, -0.25) is 9.59 Å². The molecule has 2 aromatic rings. The number of likely N-dealkylation sites (tertiary alicyclic amines) is 1. The monoisotopic (exact) mass is 567 g/mol. The van der Waals surface area contributed by atoms with Crippen LogP contribution in [0.3, 0.4) is 0 Å². The Morgan fingerprint density at radius 1 is 1.21 bits per heavy atom. The van der Waals surface area contributed by atoms with Gasteiger partial charge in [0.25, 0.3) is 5.91 Å². The van der Waals surface area contributed by atoms with E-state index in [0.717, 1.165) is 0 Å². The first kappa shape index (κ1) is 28.2. The molecule has 2 atom stereocenters. The number of rotatable bonds is 6. The van der Waals surface area contributed by atoms with Crippen LogP contribution in [-0.4, -0.2) is 55.4 Å². The fourth-order valence-corrected chi connectivity index (χ4v) is 6.07. The number of amides is 2. The predicted octanol–water partition coefficient (Wildman–Crippen LogP) is 2.61. The second kappa shape index (κ2) is 11.1. The third-order valence-electron chi connectivity index (χ3n) is 6.35. The standard InChI is InChI=1S/C25H28F3N5O5S/c1-4-6-20(30-21(34)7-5-2)33-10-14-13-38-24-19(39(36,37)31-18(14)11-33)12-32(3)23(24)25(35)29-15-8-16(26)22(28)17(27)9-15/h5-9,12,14,18,31H,4,10-11,13H2,1-3H3,(H,29,35)(H,30,34)/b7-5-,20-6-. The van der Waals surface area contributed by atoms with Crippen molar-refractivity contribution in [2.24, 2.45) is 13.0 Å². The van der Waals surface area contributed by atoms with Gasteiger partial charge in [-0.1, -0.05) is 13.0 Å². The quantitative estimate of drug-likeness (QED) is 0.365. The van der Waals surface area contributed by atoms with Gasteiger partial charge in [-0.25, -0.2) is 26.3 Å². The number of nitrogens with one attached hydrogen (secondary N) is 3. The van der Waals surface area contributed by atoms with Crippen molar-refractivity contribution >= 4 is 27.5 Å². The molecular formula is C25H28F3N5O5S. The normalized spacial score (nSPS) is 20.6. The van der Waals surface area contributed by atoms with Gasteiger partial charge >= 0.3 is 0 Å². The van der Waals surface area contributed by atoms with Gasteiger partial charge in [-0.2, -0.15) is 0 Å². The summed E-state index contributed by atoms with van der Waals surface area (Å²) in [5.41, 5.74) is -0.570. The van der Waals surface area contributed by atoms with Crippen LogP contribution >= 0.6 is 0 Å². The van der Waals surface area contributed by atoms with Crippen molar-refractivity contribution in [2.75, 3.05) is 25.0 Å². The summed E-state index contributed by atoms with van der Waals surface area (Å²) in [6.45, 7) is 4.28. The van der Waals surface area contributed by atoms with Crippen molar-refractivity contribution in [3.63, 3.8) is 0 Å². The van der Waals surface area contributed by atoms with E-state index in [0.29, 0.717) is 30.9 Å². The number of aryl methyl sites for hydroxylation is 1. The number of ether oxygens (including phenoxy) is 1. The zero-order chi connectivity index (χ0) is 28.5. The molecule has 1 aromatic carbocycles. The van der Waals surface area contributed by atoms with E-state index >= 15 is 0 Å². The highest BCUT2D eigenvalue weighted by Crippen LogP contribution is 2.35. The Kier molecular flexibility index (Phi) is 8.07. The Labute approximate surface area is 223 Å². The molecule has 14 heteroatoms. The highest BCUT2D eigenvalue weighted by atomic mass is 32.2. The van der Waals surface area contributed by atoms with E-state index in [1.807, 2.05) is 17.9 Å². The maximum Gasteiger partial charge on any atom is 0.276 e. The number of sulfonamides is 1. The van der Waals surface area contributed by atoms with E-state index in [2.05, 4.69) is 15.4 Å². The lowest BCUT2D eigenvalue weighted by Crippen LogP contribution is -2.43. The fraction of sp³-hybridized carbons (Fsp3) is 0.360. The van der Waals surface area contributed by atoms with Crippen LogP contribution in [0.2, 0.25) is 0 Å². The SMILES string of the molecule is C/C=C\C(=O)N/C(=C/CC)N1CC2COc3c(cn(C)c3C(=O)Nc3cc(F)c(F)c(F)c3)S(=O)(=O)NC2C1. The second-order valence-electron chi connectivity index (χ2n) is 9.18. The highest BCUT2D eigenvalue weighted by molar-refractivity contribution is 7.89. The number of nitrogens with zero attached hydrogens (tertiary/aromatic N) is 2. The lowest BCUT2D eigenvalue weighted by Gasteiger charge is -2.23. The molecule has 0 saturated carbocycles. The number of allylic oxidation sites excluding steroid dienone is 2. The summed E-state index contributed by atoms with van der Waals surface area (Å²) in [5.74, 6) is -5.93. The van der Waals surface area contributed by atoms with Crippen molar-refractivity contribution < 1.29 is 35.9 Å². The lowest BCUT2D eigenvalue weighted by atomic mass is 10.1. The Morgan fingerprint density at radius 3 is 2.54 bits per heavy atom. The zero-order valence-corrected chi connectivity index (χ0v) is 22.2. The van der Waals surface area contributed by atoms with Crippen LogP contribution in [0.4, 0.5) is 18.9 Å². The van der Waals surface area contributed by atoms with Gasteiger partial charge < -0.3 is 24.8 Å². The lowest BCUT2D eigenvalue weighted by molar-refractivity contribution is -0.116. The average molecular weight is 568 g/mol. The summed E-state index contributed by atoms with van der Waals surface area (Å²) in [6.07, 6.45) is 6.64. The Bertz CT molecular complexity index is 1450. The molecule has 1 aromatic heterocycles. The van der Waals surface area contributed by atoms with E-state index in [1.165, 1.54) is 23.9 Å². The first-order valence-electron chi connectivity index (χ1n) is 12.1. The largest absolute Gasteiger partial charge is 0.489 e. The number of hydrogen-bond acceptors (Lipinski definition) is 6. The summed E-state index contributed by atoms with van der Waals surface area (Å²) in [5, 5.41) is 5.07. The topological polar surface area (TPSA) is 122 Å². The molecule has 210 valence electrons. The molecule has 10 nitrogen and oxygen atoms in total. The minimum absolute atomic E-state index is 0.0308. The van der Waals surface area contributed by atoms with E-state index in [9.17, 15) is 31.2 Å². The number of halogens is 3. The summed E-state index contributed by atoms with van der Waals surface area (Å²) >= 11 is 0. The zero-order valence-electron chi connectivity index (χ0n) is 21.4. The molecule has 0 radical (unpaired) electrons. The maximum absolute atomic E-state index is 13.6. The van der Waals surface area contributed by atoms with Crippen LogP contribution in [0, 0.1) is 23.4 Å². The number of anilines is 1. The van der Waals surface area contributed by atoms with E-state index in [1.54, 1.807) is 13.0 Å². The number of carbonyl (C=O) groups excluding carboxylic acids is 2. The molecule has 2 aliphatic heterocycles. The van der Waals surface area contributed by atoms with Crippen LogP contribution in [0.5, 0.6) is 5.75 Å². The smallest absolute Gasteiger partial charge is 0.276 e. The molecule has 2 aliphatic rings. The first-order valence-corrected chi connectivity index (χ1v) is 13.6. The number of carbonyl (C=O) groups is 2. The van der Waals surface area contributed by atoms with Crippen molar-refractivity contribution in [1.29, 1.82) is 0 Å². The van der Waals surface area contributed by atoms with Crippen LogP contribution in [0.15, 0.2) is 47.3 Å². The molecular weight excluding hydrogens is 539 g/mol. The van der Waals surface area contributed by atoms with Gasteiger partial charge in [0.1, 0.15) is 10.7 Å². The minimum atomic E-state index is -4.17. The van der Waals surface area contributed by atoms with Gasteiger partial charge in [-0.15, -0.1) is 0 Å². The van der Waals surface area contributed by atoms with Gasteiger partial charge in [0, 0.05) is 56.1 Å². The van der Waals surface area contributed by atoms with Gasteiger partial charge in [-0.05, 0) is 25.5 Å². The molecule has 0 spiro atoms. The summed E-state index contributed by atoms with van der Waals surface area (Å²) in [4.78, 5) is 26.8. The molecule has 3 heterocycles. The molecule has 1 saturated heterocycles. The number of fused-ring (bicyclic) bond motifs is 2. The Morgan fingerprint density at radius 2 is 1.90 bits per heavy atom. The second-order valence-corrected chi connectivity index (χ2v) is 10.9. The molecule has 3 N–H and O–H groups in total.